The molecular formula is C44H48Cl2N8O7S. The van der Waals surface area contributed by atoms with Gasteiger partial charge in [0.15, 0.2) is 0 Å². The topological polar surface area (TPSA) is 192 Å². The van der Waals surface area contributed by atoms with Crippen LogP contribution < -0.4 is 10.6 Å². The number of aromatic amines is 2. The summed E-state index contributed by atoms with van der Waals surface area (Å²) in [6.45, 7) is 4.47. The highest BCUT2D eigenvalue weighted by molar-refractivity contribution is 7.84. The lowest BCUT2D eigenvalue weighted by atomic mass is 10.0. The summed E-state index contributed by atoms with van der Waals surface area (Å²) in [6, 6.07) is 21.7. The van der Waals surface area contributed by atoms with E-state index >= 15 is 0 Å². The predicted octanol–water partition coefficient (Wildman–Crippen LogP) is 7.60. The third kappa shape index (κ3) is 9.37. The first-order chi connectivity index (χ1) is 29.8. The number of likely N-dealkylation sites (tertiary alicyclic amines) is 2. The lowest BCUT2D eigenvalue weighted by molar-refractivity contribution is -0.135. The summed E-state index contributed by atoms with van der Waals surface area (Å²) in [6.07, 6.45) is 2.06. The Morgan fingerprint density at radius 1 is 0.742 bits per heavy atom. The Bertz CT molecular complexity index is 2440. The number of amides is 4. The molecule has 4 heterocycles. The van der Waals surface area contributed by atoms with Crippen molar-refractivity contribution in [2.75, 3.05) is 33.6 Å². The van der Waals surface area contributed by atoms with E-state index in [0.717, 1.165) is 28.7 Å². The number of hydrogen-bond acceptors (Lipinski definition) is 9. The van der Waals surface area contributed by atoms with Gasteiger partial charge in [-0.1, -0.05) is 116 Å². The second-order valence-corrected chi connectivity index (χ2v) is 18.0. The molecule has 0 spiro atoms. The van der Waals surface area contributed by atoms with Crippen LogP contribution in [0.15, 0.2) is 78.9 Å². The first-order valence-electron chi connectivity index (χ1n) is 20.2. The lowest BCUT2D eigenvalue weighted by Crippen LogP contribution is -2.51. The molecule has 18 heteroatoms. The summed E-state index contributed by atoms with van der Waals surface area (Å²) >= 11 is 13.5. The summed E-state index contributed by atoms with van der Waals surface area (Å²) in [4.78, 5) is 71.6. The number of carbonyl (C=O) groups is 4. The van der Waals surface area contributed by atoms with Crippen molar-refractivity contribution in [1.29, 1.82) is 0 Å². The molecule has 2 aromatic heterocycles. The number of benzene rings is 3. The Hall–Kier alpha value is -5.71. The molecule has 0 radical (unpaired) electrons. The molecule has 2 fully saturated rings. The molecule has 4 amide bonds. The molecule has 0 aliphatic carbocycles. The van der Waals surface area contributed by atoms with Gasteiger partial charge in [-0.15, -0.1) is 0 Å². The van der Waals surface area contributed by atoms with E-state index in [1.807, 2.05) is 68.4 Å². The van der Waals surface area contributed by atoms with Gasteiger partial charge in [0.2, 0.25) is 5.91 Å². The molecule has 62 heavy (non-hydrogen) atoms. The largest absolute Gasteiger partial charge is 0.453 e. The second kappa shape index (κ2) is 19.1. The van der Waals surface area contributed by atoms with Crippen LogP contribution in [0.1, 0.15) is 68.4 Å². The molecule has 3 aromatic carbocycles. The molecule has 4 N–H and O–H groups in total. The third-order valence-electron chi connectivity index (χ3n) is 11.4. The average Bonchev–Trinajstić information content (AvgIpc) is 4.10. The van der Waals surface area contributed by atoms with E-state index in [0.29, 0.717) is 53.1 Å². The van der Waals surface area contributed by atoms with Crippen molar-refractivity contribution < 1.29 is 32.9 Å². The molecule has 7 rings (SSSR count). The van der Waals surface area contributed by atoms with Gasteiger partial charge in [0.25, 0.3) is 5.91 Å². The number of imidazole rings is 2. The minimum atomic E-state index is -1.24. The Morgan fingerprint density at radius 3 is 1.77 bits per heavy atom. The maximum Gasteiger partial charge on any atom is 0.407 e. The molecule has 0 bridgehead atoms. The van der Waals surface area contributed by atoms with Gasteiger partial charge in [-0.2, -0.15) is 0 Å². The average molecular weight is 904 g/mol. The molecule has 0 saturated carbocycles. The van der Waals surface area contributed by atoms with E-state index in [1.54, 1.807) is 40.3 Å². The quantitative estimate of drug-likeness (QED) is 0.0977. The summed E-state index contributed by atoms with van der Waals surface area (Å²) in [7, 11) is 1.26. The first-order valence-corrected chi connectivity index (χ1v) is 22.5. The van der Waals surface area contributed by atoms with Gasteiger partial charge in [0.05, 0.1) is 31.6 Å². The Kier molecular flexibility index (Phi) is 13.7. The van der Waals surface area contributed by atoms with Crippen LogP contribution in [0.25, 0.3) is 33.6 Å². The highest BCUT2D eigenvalue weighted by atomic mass is 35.5. The number of methoxy groups -OCH3 is 2. The van der Waals surface area contributed by atoms with E-state index in [9.17, 15) is 23.4 Å². The summed E-state index contributed by atoms with van der Waals surface area (Å²) in [5.74, 6) is 0.276. The fourth-order valence-corrected chi connectivity index (χ4v) is 9.41. The molecule has 5 aromatic rings. The van der Waals surface area contributed by atoms with E-state index in [4.69, 9.17) is 42.6 Å². The van der Waals surface area contributed by atoms with Crippen molar-refractivity contribution in [3.8, 4) is 33.6 Å². The highest BCUT2D eigenvalue weighted by Crippen LogP contribution is 2.39. The number of aromatic nitrogens is 4. The van der Waals surface area contributed by atoms with Gasteiger partial charge in [0, 0.05) is 41.3 Å². The standard InChI is InChI=1S/C44H48Cl2N8O7S/c1-24(2)33(49-43(57)60-3)41(55)53-21-9-12-31(53)39-47-34(37(45)51-39)28-17-13-25(14-18-28)26-15-19-29(20-16-26)35-38(46)52-40(48-35)32-22-30(62(5)59)23-54(32)42(56)36(50-44(58)61-4)27-10-7-6-8-11-27/h6-8,10-11,13-20,24,30-33,36H,9,12,21-23H2,1-5H3,(H,47,51)(H,48,52)(H,49,57)(H,50,58)/t30-,31?,32-,33-,36-,62?/m0/s1. The molecular weight excluding hydrogens is 856 g/mol. The van der Waals surface area contributed by atoms with E-state index < -0.39 is 47.0 Å². The molecule has 6 atom stereocenters. The van der Waals surface area contributed by atoms with Gasteiger partial charge in [-0.05, 0) is 41.9 Å². The zero-order valence-electron chi connectivity index (χ0n) is 34.8. The van der Waals surface area contributed by atoms with Gasteiger partial charge < -0.3 is 39.9 Å². The van der Waals surface area contributed by atoms with Crippen LogP contribution in [0, 0.1) is 5.92 Å². The zero-order chi connectivity index (χ0) is 44.2. The number of carbonyl (C=O) groups excluding carboxylic acids is 4. The third-order valence-corrected chi connectivity index (χ3v) is 13.2. The predicted molar refractivity (Wildman–Crippen MR) is 237 cm³/mol. The number of halogens is 2. The van der Waals surface area contributed by atoms with Crippen LogP contribution in [0.4, 0.5) is 9.59 Å². The number of nitrogens with one attached hydrogen (secondary N) is 4. The minimum Gasteiger partial charge on any atom is -0.453 e. The minimum absolute atomic E-state index is 0.154. The fourth-order valence-electron chi connectivity index (χ4n) is 8.09. The van der Waals surface area contributed by atoms with Gasteiger partial charge in [-0.3, -0.25) is 13.8 Å². The van der Waals surface area contributed by atoms with Crippen molar-refractivity contribution in [2.45, 2.75) is 62.5 Å². The number of ether oxygens (including phenoxy) is 2. The Balaban J connectivity index is 1.07. The van der Waals surface area contributed by atoms with Crippen molar-refractivity contribution in [3.63, 3.8) is 0 Å². The number of rotatable bonds is 12. The maximum absolute atomic E-state index is 14.2. The van der Waals surface area contributed by atoms with Crippen molar-refractivity contribution >= 4 is 58.0 Å². The summed E-state index contributed by atoms with van der Waals surface area (Å²) in [5.41, 5.74) is 5.05. The number of H-pyrrole nitrogens is 2. The molecule has 2 aliphatic rings. The van der Waals surface area contributed by atoms with Crippen molar-refractivity contribution in [1.82, 2.24) is 40.4 Å². The van der Waals surface area contributed by atoms with E-state index in [1.165, 1.54) is 14.2 Å². The van der Waals surface area contributed by atoms with Crippen LogP contribution in [0.2, 0.25) is 10.3 Å². The number of nitrogens with zero attached hydrogens (tertiary/aromatic N) is 4. The van der Waals surface area contributed by atoms with Crippen LogP contribution >= 0.6 is 23.2 Å². The first kappa shape index (κ1) is 44.3. The number of alkyl carbamates (subject to hydrolysis) is 2. The molecule has 326 valence electrons. The smallest absolute Gasteiger partial charge is 0.407 e. The molecule has 2 aliphatic heterocycles. The van der Waals surface area contributed by atoms with Gasteiger partial charge in [0.1, 0.15) is 45.4 Å². The second-order valence-electron chi connectivity index (χ2n) is 15.6. The molecule has 15 nitrogen and oxygen atoms in total. The summed E-state index contributed by atoms with van der Waals surface area (Å²) < 4.78 is 22.3. The van der Waals surface area contributed by atoms with E-state index in [2.05, 4.69) is 20.6 Å². The summed E-state index contributed by atoms with van der Waals surface area (Å²) in [5, 5.41) is 5.65. The fraction of sp³-hybridized carbons (Fsp3) is 0.364. The Morgan fingerprint density at radius 2 is 1.26 bits per heavy atom. The maximum atomic E-state index is 14.2. The van der Waals surface area contributed by atoms with Crippen molar-refractivity contribution in [2.24, 2.45) is 5.92 Å². The van der Waals surface area contributed by atoms with E-state index in [-0.39, 0.29) is 34.8 Å². The van der Waals surface area contributed by atoms with Gasteiger partial charge in [-0.25, -0.2) is 19.6 Å². The van der Waals surface area contributed by atoms with Crippen molar-refractivity contribution in [3.05, 3.63) is 106 Å². The lowest BCUT2D eigenvalue weighted by Gasteiger charge is -2.29. The number of hydrogen-bond donors (Lipinski definition) is 4. The Labute approximate surface area is 371 Å². The zero-order valence-corrected chi connectivity index (χ0v) is 37.1. The van der Waals surface area contributed by atoms with Crippen LogP contribution in [0.3, 0.4) is 0 Å². The SMILES string of the molecule is COC(=O)N[C@H](C(=O)N1C[C@@H](S(C)=O)C[C@H]1c1nc(-c2ccc(-c3ccc(-c4nc(C5CCCN5C(=O)[C@@H](NC(=O)OC)C(C)C)[nH]c4Cl)cc3)cc2)c(Cl)[nH]1)c1ccccc1. The normalized spacial score (nSPS) is 18.9. The highest BCUT2D eigenvalue weighted by Gasteiger charge is 2.43. The molecule has 2 saturated heterocycles. The van der Waals surface area contributed by atoms with Crippen LogP contribution in [-0.4, -0.2) is 103 Å². The van der Waals surface area contributed by atoms with Gasteiger partial charge >= 0.3 is 12.2 Å². The van der Waals surface area contributed by atoms with Crippen LogP contribution in [-0.2, 0) is 29.9 Å². The monoisotopic (exact) mass is 902 g/mol. The van der Waals surface area contributed by atoms with Crippen LogP contribution in [0.5, 0.6) is 0 Å². The molecule has 2 unspecified atom stereocenters.